The molecular formula is C14H27ClN4O2. The first kappa shape index (κ1) is 18.2. The van der Waals surface area contributed by atoms with Gasteiger partial charge in [0.1, 0.15) is 5.54 Å². The maximum atomic E-state index is 12.1. The average molecular weight is 319 g/mol. The van der Waals surface area contributed by atoms with Crippen LogP contribution in [0.5, 0.6) is 0 Å². The smallest absolute Gasteiger partial charge is 0.325 e. The molecule has 1 atom stereocenters. The Morgan fingerprint density at radius 2 is 1.86 bits per heavy atom. The fourth-order valence-electron chi connectivity index (χ4n) is 2.94. The third-order valence-electron chi connectivity index (χ3n) is 4.48. The van der Waals surface area contributed by atoms with Crippen molar-refractivity contribution in [2.24, 2.45) is 11.1 Å². The highest BCUT2D eigenvalue weighted by Crippen LogP contribution is 2.27. The van der Waals surface area contributed by atoms with Crippen LogP contribution in [0.15, 0.2) is 0 Å². The van der Waals surface area contributed by atoms with E-state index in [1.165, 1.54) is 4.90 Å². The highest BCUT2D eigenvalue weighted by molar-refractivity contribution is 6.06. The first-order valence-corrected chi connectivity index (χ1v) is 7.25. The molecule has 2 aliphatic rings. The Kier molecular flexibility index (Phi) is 5.29. The maximum Gasteiger partial charge on any atom is 0.325 e. The van der Waals surface area contributed by atoms with Crippen LogP contribution in [-0.2, 0) is 4.79 Å². The monoisotopic (exact) mass is 318 g/mol. The molecule has 0 radical (unpaired) electrons. The van der Waals surface area contributed by atoms with Crippen LogP contribution >= 0.6 is 12.4 Å². The fourth-order valence-corrected chi connectivity index (χ4v) is 2.94. The number of hydrogen-bond donors (Lipinski definition) is 2. The zero-order chi connectivity index (χ0) is 15.1. The van der Waals surface area contributed by atoms with Crippen molar-refractivity contribution in [1.29, 1.82) is 0 Å². The summed E-state index contributed by atoms with van der Waals surface area (Å²) in [6.07, 6.45) is 0.957. The van der Waals surface area contributed by atoms with E-state index in [0.717, 1.165) is 19.5 Å². The second kappa shape index (κ2) is 6.10. The first-order chi connectivity index (χ1) is 9.13. The summed E-state index contributed by atoms with van der Waals surface area (Å²) in [6.45, 7) is 10.8. The Labute approximate surface area is 132 Å². The molecule has 0 aromatic heterocycles. The zero-order valence-corrected chi connectivity index (χ0v) is 14.1. The maximum absolute atomic E-state index is 12.1. The average Bonchev–Trinajstić information content (AvgIpc) is 2.51. The molecule has 6 nitrogen and oxygen atoms in total. The number of rotatable bonds is 3. The van der Waals surface area contributed by atoms with Gasteiger partial charge in [-0.2, -0.15) is 0 Å². The van der Waals surface area contributed by atoms with Crippen molar-refractivity contribution in [3.05, 3.63) is 0 Å². The van der Waals surface area contributed by atoms with E-state index in [2.05, 4.69) is 24.1 Å². The van der Waals surface area contributed by atoms with Crippen LogP contribution in [0.1, 0.15) is 34.1 Å². The molecule has 2 saturated heterocycles. The normalized spacial score (nSPS) is 28.2. The van der Waals surface area contributed by atoms with Gasteiger partial charge in [0.25, 0.3) is 5.91 Å². The molecule has 0 saturated carbocycles. The van der Waals surface area contributed by atoms with E-state index in [1.807, 2.05) is 0 Å². The molecular weight excluding hydrogens is 292 g/mol. The lowest BCUT2D eigenvalue weighted by molar-refractivity contribution is -0.130. The number of halogens is 1. The molecule has 2 rings (SSSR count). The molecule has 1 unspecified atom stereocenters. The van der Waals surface area contributed by atoms with Gasteiger partial charge in [-0.1, -0.05) is 13.8 Å². The van der Waals surface area contributed by atoms with Gasteiger partial charge in [0, 0.05) is 25.7 Å². The number of hydrogen-bond acceptors (Lipinski definition) is 4. The number of carbonyl (C=O) groups excluding carboxylic acids is 2. The van der Waals surface area contributed by atoms with E-state index < -0.39 is 5.54 Å². The minimum absolute atomic E-state index is 0. The van der Waals surface area contributed by atoms with Gasteiger partial charge in [0.15, 0.2) is 0 Å². The quantitative estimate of drug-likeness (QED) is 0.754. The Morgan fingerprint density at radius 3 is 2.33 bits per heavy atom. The summed E-state index contributed by atoms with van der Waals surface area (Å²) in [5.74, 6) is -0.143. The molecule has 3 N–H and O–H groups in total. The molecule has 2 fully saturated rings. The van der Waals surface area contributed by atoms with E-state index in [9.17, 15) is 9.59 Å². The van der Waals surface area contributed by atoms with E-state index in [4.69, 9.17) is 5.73 Å². The lowest BCUT2D eigenvalue weighted by Gasteiger charge is -2.42. The fraction of sp³-hybridized carbons (Fsp3) is 0.857. The third-order valence-corrected chi connectivity index (χ3v) is 4.48. The number of nitrogens with zero attached hydrogens (tertiary/aromatic N) is 2. The predicted molar refractivity (Wildman–Crippen MR) is 84.4 cm³/mol. The summed E-state index contributed by atoms with van der Waals surface area (Å²) >= 11 is 0. The minimum atomic E-state index is -0.777. The molecule has 0 spiro atoms. The molecule has 122 valence electrons. The topological polar surface area (TPSA) is 78.7 Å². The second-order valence-corrected chi connectivity index (χ2v) is 7.17. The van der Waals surface area contributed by atoms with Gasteiger partial charge in [-0.3, -0.25) is 9.69 Å². The van der Waals surface area contributed by atoms with Gasteiger partial charge in [-0.15, -0.1) is 12.4 Å². The van der Waals surface area contributed by atoms with Crippen LogP contribution in [0, 0.1) is 5.41 Å². The van der Waals surface area contributed by atoms with Crippen LogP contribution in [0.3, 0.4) is 0 Å². The summed E-state index contributed by atoms with van der Waals surface area (Å²) < 4.78 is 0. The molecule has 7 heteroatoms. The van der Waals surface area contributed by atoms with E-state index >= 15 is 0 Å². The number of carbonyl (C=O) groups is 2. The summed E-state index contributed by atoms with van der Waals surface area (Å²) in [5.41, 5.74) is 5.42. The van der Waals surface area contributed by atoms with Gasteiger partial charge in [-0.25, -0.2) is 4.79 Å². The number of nitrogens with two attached hydrogens (primary N) is 1. The van der Waals surface area contributed by atoms with Gasteiger partial charge in [0.2, 0.25) is 0 Å². The Morgan fingerprint density at radius 1 is 1.24 bits per heavy atom. The predicted octanol–water partition coefficient (Wildman–Crippen LogP) is 0.798. The molecule has 0 aromatic rings. The minimum Gasteiger partial charge on any atom is -0.327 e. The van der Waals surface area contributed by atoms with Crippen molar-refractivity contribution in [2.75, 3.05) is 26.2 Å². The summed E-state index contributed by atoms with van der Waals surface area (Å²) in [4.78, 5) is 27.5. The van der Waals surface area contributed by atoms with Crippen LogP contribution in [0.4, 0.5) is 4.79 Å². The van der Waals surface area contributed by atoms with Crippen molar-refractivity contribution in [3.8, 4) is 0 Å². The molecule has 0 aromatic carbocycles. The van der Waals surface area contributed by atoms with Crippen LogP contribution in [0.25, 0.3) is 0 Å². The number of amides is 3. The van der Waals surface area contributed by atoms with Crippen LogP contribution < -0.4 is 11.1 Å². The van der Waals surface area contributed by atoms with Crippen LogP contribution in [-0.4, -0.2) is 59.5 Å². The number of piperidine rings is 1. The summed E-state index contributed by atoms with van der Waals surface area (Å²) in [5, 5.41) is 2.70. The zero-order valence-electron chi connectivity index (χ0n) is 13.3. The lowest BCUT2D eigenvalue weighted by atomic mass is 9.80. The molecule has 21 heavy (non-hydrogen) atoms. The highest BCUT2D eigenvalue weighted by atomic mass is 35.5. The van der Waals surface area contributed by atoms with Crippen molar-refractivity contribution < 1.29 is 9.59 Å². The van der Waals surface area contributed by atoms with Crippen molar-refractivity contribution >= 4 is 24.3 Å². The lowest BCUT2D eigenvalue weighted by Crippen LogP contribution is -2.53. The summed E-state index contributed by atoms with van der Waals surface area (Å²) in [6, 6.07) is -0.0672. The SMILES string of the molecule is CC1(C)NC(=O)N(CCN2CCC(N)C(C)(C)C2)C1=O.Cl. The summed E-state index contributed by atoms with van der Waals surface area (Å²) in [7, 11) is 0. The molecule has 0 aliphatic carbocycles. The van der Waals surface area contributed by atoms with E-state index in [0.29, 0.717) is 13.1 Å². The van der Waals surface area contributed by atoms with Gasteiger partial charge in [-0.05, 0) is 32.2 Å². The van der Waals surface area contributed by atoms with Gasteiger partial charge >= 0.3 is 6.03 Å². The van der Waals surface area contributed by atoms with Crippen LogP contribution in [0.2, 0.25) is 0 Å². The largest absolute Gasteiger partial charge is 0.327 e. The highest BCUT2D eigenvalue weighted by Gasteiger charge is 2.44. The Bertz CT molecular complexity index is 425. The number of imide groups is 1. The van der Waals surface area contributed by atoms with Crippen molar-refractivity contribution in [1.82, 2.24) is 15.1 Å². The first-order valence-electron chi connectivity index (χ1n) is 7.25. The van der Waals surface area contributed by atoms with E-state index in [1.54, 1.807) is 13.8 Å². The van der Waals surface area contributed by atoms with Gasteiger partial charge in [0.05, 0.1) is 0 Å². The molecule has 3 amide bonds. The molecule has 2 heterocycles. The van der Waals surface area contributed by atoms with Crippen molar-refractivity contribution in [2.45, 2.75) is 45.7 Å². The Hall–Kier alpha value is -0.850. The third kappa shape index (κ3) is 3.67. The number of likely N-dealkylation sites (tertiary alicyclic amines) is 1. The van der Waals surface area contributed by atoms with Crippen molar-refractivity contribution in [3.63, 3.8) is 0 Å². The Balaban J connectivity index is 0.00000220. The van der Waals surface area contributed by atoms with Gasteiger partial charge < -0.3 is 16.0 Å². The second-order valence-electron chi connectivity index (χ2n) is 7.17. The molecule has 0 bridgehead atoms. The van der Waals surface area contributed by atoms with E-state index in [-0.39, 0.29) is 35.8 Å². The number of nitrogens with one attached hydrogen (secondary N) is 1. The standard InChI is InChI=1S/C14H26N4O2.ClH/c1-13(2)9-17(6-5-10(13)15)7-8-18-11(19)14(3,4)16-12(18)20;/h10H,5-9,15H2,1-4H3,(H,16,20);1H. The number of urea groups is 1. The molecule has 2 aliphatic heterocycles.